The summed E-state index contributed by atoms with van der Waals surface area (Å²) in [6.45, 7) is 1.71. The van der Waals surface area contributed by atoms with E-state index in [0.29, 0.717) is 28.5 Å². The number of aromatic amines is 1. The van der Waals surface area contributed by atoms with Crippen molar-refractivity contribution in [3.05, 3.63) is 30.7 Å². The van der Waals surface area contributed by atoms with Gasteiger partial charge >= 0.3 is 0 Å². The molecule has 0 spiro atoms. The van der Waals surface area contributed by atoms with Crippen LogP contribution in [0.4, 0.5) is 0 Å². The van der Waals surface area contributed by atoms with Crippen LogP contribution >= 0.6 is 33.9 Å². The highest BCUT2D eigenvalue weighted by molar-refractivity contribution is 14.1. The van der Waals surface area contributed by atoms with E-state index in [-0.39, 0.29) is 12.2 Å². The van der Waals surface area contributed by atoms with Gasteiger partial charge in [-0.25, -0.2) is 9.97 Å². The summed E-state index contributed by atoms with van der Waals surface area (Å²) in [4.78, 5) is 23.0. The minimum atomic E-state index is -0.202. The molecule has 5 nitrogen and oxygen atoms in total. The van der Waals surface area contributed by atoms with Crippen molar-refractivity contribution in [3.8, 4) is 10.8 Å². The number of aliphatic hydroxyl groups is 1. The molecule has 2 N–H and O–H groups in total. The van der Waals surface area contributed by atoms with E-state index in [1.54, 1.807) is 13.1 Å². The van der Waals surface area contributed by atoms with Crippen LogP contribution in [0, 0.1) is 9.81 Å². The first-order valence-electron chi connectivity index (χ1n) is 4.94. The maximum absolute atomic E-state index is 11.8. The molecule has 2 aromatic rings. The summed E-state index contributed by atoms with van der Waals surface area (Å²) in [6.07, 6.45) is 2.06. The van der Waals surface area contributed by atoms with Crippen LogP contribution in [0.15, 0.2) is 11.0 Å². The van der Waals surface area contributed by atoms with E-state index >= 15 is 0 Å². The number of halogens is 1. The van der Waals surface area contributed by atoms with Crippen LogP contribution in [-0.4, -0.2) is 26.7 Å². The summed E-state index contributed by atoms with van der Waals surface area (Å²) >= 11 is 3.64. The highest BCUT2D eigenvalue weighted by Gasteiger charge is 2.11. The fraction of sp³-hybridized carbons (Fsp3) is 0.300. The maximum Gasteiger partial charge on any atom is 0.254 e. The Labute approximate surface area is 115 Å². The predicted molar refractivity (Wildman–Crippen MR) is 74.2 cm³/mol. The van der Waals surface area contributed by atoms with Crippen molar-refractivity contribution in [2.45, 2.75) is 13.3 Å². The summed E-state index contributed by atoms with van der Waals surface area (Å²) in [5.41, 5.74) is 0.970. The Bertz CT molecular complexity index is 593. The third kappa shape index (κ3) is 2.72. The Morgan fingerprint density at radius 2 is 2.35 bits per heavy atom. The van der Waals surface area contributed by atoms with Gasteiger partial charge < -0.3 is 10.1 Å². The molecule has 90 valence electrons. The first kappa shape index (κ1) is 12.7. The van der Waals surface area contributed by atoms with Crippen molar-refractivity contribution >= 4 is 33.9 Å². The Kier molecular flexibility index (Phi) is 3.89. The molecule has 0 saturated carbocycles. The largest absolute Gasteiger partial charge is 0.396 e. The number of hydrogen-bond acceptors (Lipinski definition) is 5. The molecule has 0 aliphatic carbocycles. The lowest BCUT2D eigenvalue weighted by atomic mass is 10.2. The van der Waals surface area contributed by atoms with Crippen LogP contribution in [0.1, 0.15) is 11.3 Å². The molecule has 0 aliphatic heterocycles. The van der Waals surface area contributed by atoms with Crippen LogP contribution in [0.3, 0.4) is 0 Å². The van der Waals surface area contributed by atoms with Crippen LogP contribution in [0.2, 0.25) is 0 Å². The number of aromatic nitrogens is 3. The molecule has 0 saturated heterocycles. The zero-order chi connectivity index (χ0) is 12.4. The Morgan fingerprint density at radius 1 is 1.59 bits per heavy atom. The molecule has 17 heavy (non-hydrogen) atoms. The van der Waals surface area contributed by atoms with E-state index in [1.807, 2.05) is 0 Å². The van der Waals surface area contributed by atoms with Crippen molar-refractivity contribution in [3.63, 3.8) is 0 Å². The molecule has 0 radical (unpaired) electrons. The molecule has 0 aliphatic rings. The lowest BCUT2D eigenvalue weighted by molar-refractivity contribution is 0.298. The first-order chi connectivity index (χ1) is 8.11. The molecular formula is C10H10IN3O2S. The molecule has 7 heteroatoms. The van der Waals surface area contributed by atoms with E-state index in [9.17, 15) is 4.79 Å². The van der Waals surface area contributed by atoms with Crippen molar-refractivity contribution in [1.82, 2.24) is 15.0 Å². The summed E-state index contributed by atoms with van der Waals surface area (Å²) in [5.74, 6) is 0.488. The molecule has 2 heterocycles. The summed E-state index contributed by atoms with van der Waals surface area (Å²) < 4.78 is 1.04. The van der Waals surface area contributed by atoms with Gasteiger partial charge in [0.1, 0.15) is 0 Å². The van der Waals surface area contributed by atoms with E-state index in [1.165, 1.54) is 11.3 Å². The highest BCUT2D eigenvalue weighted by Crippen LogP contribution is 2.22. The molecule has 0 fully saturated rings. The van der Waals surface area contributed by atoms with Gasteiger partial charge in [0.05, 0.1) is 9.08 Å². The molecule has 0 unspecified atom stereocenters. The van der Waals surface area contributed by atoms with Gasteiger partial charge in [0.2, 0.25) is 0 Å². The predicted octanol–water partition coefficient (Wildman–Crippen LogP) is 1.34. The van der Waals surface area contributed by atoms with Gasteiger partial charge in [0.15, 0.2) is 10.8 Å². The second kappa shape index (κ2) is 5.23. The number of rotatable bonds is 3. The zero-order valence-corrected chi connectivity index (χ0v) is 12.0. The third-order valence-electron chi connectivity index (χ3n) is 2.26. The van der Waals surface area contributed by atoms with E-state index in [2.05, 4.69) is 37.5 Å². The third-order valence-corrected chi connectivity index (χ3v) is 4.00. The average molecular weight is 363 g/mol. The van der Waals surface area contributed by atoms with E-state index < -0.39 is 0 Å². The Morgan fingerprint density at radius 3 is 2.88 bits per heavy atom. The van der Waals surface area contributed by atoms with Crippen molar-refractivity contribution in [1.29, 1.82) is 0 Å². The average Bonchev–Trinajstić information content (AvgIpc) is 2.70. The normalized spacial score (nSPS) is 10.8. The number of H-pyrrole nitrogens is 1. The molecule has 0 bridgehead atoms. The van der Waals surface area contributed by atoms with Crippen LogP contribution in [0.25, 0.3) is 10.8 Å². The first-order valence-corrected chi connectivity index (χ1v) is 6.83. The van der Waals surface area contributed by atoms with Gasteiger partial charge in [-0.2, -0.15) is 0 Å². The fourth-order valence-corrected chi connectivity index (χ4v) is 2.84. The van der Waals surface area contributed by atoms with Crippen molar-refractivity contribution in [2.75, 3.05) is 6.61 Å². The number of nitrogens with zero attached hydrogens (tertiary/aromatic N) is 2. The topological polar surface area (TPSA) is 78.9 Å². The summed E-state index contributed by atoms with van der Waals surface area (Å²) in [6, 6.07) is 0. The minimum absolute atomic E-state index is 0.0555. The van der Waals surface area contributed by atoms with Crippen LogP contribution in [-0.2, 0) is 6.42 Å². The van der Waals surface area contributed by atoms with Crippen LogP contribution in [0.5, 0.6) is 0 Å². The number of hydrogen-bond donors (Lipinski definition) is 2. The minimum Gasteiger partial charge on any atom is -0.396 e. The monoisotopic (exact) mass is 363 g/mol. The molecule has 2 aromatic heterocycles. The maximum atomic E-state index is 11.8. The molecule has 0 atom stereocenters. The van der Waals surface area contributed by atoms with Gasteiger partial charge in [-0.3, -0.25) is 4.79 Å². The number of aryl methyl sites for hydroxylation is 1. The van der Waals surface area contributed by atoms with Crippen LogP contribution < -0.4 is 5.56 Å². The highest BCUT2D eigenvalue weighted by atomic mass is 127. The van der Waals surface area contributed by atoms with Gasteiger partial charge in [-0.05, 0) is 29.5 Å². The zero-order valence-electron chi connectivity index (χ0n) is 9.03. The summed E-state index contributed by atoms with van der Waals surface area (Å²) in [5, 5.41) is 9.57. The lowest BCUT2D eigenvalue weighted by Crippen LogP contribution is -2.18. The van der Waals surface area contributed by atoms with E-state index in [4.69, 9.17) is 5.11 Å². The second-order valence-electron chi connectivity index (χ2n) is 3.42. The lowest BCUT2D eigenvalue weighted by Gasteiger charge is -2.03. The van der Waals surface area contributed by atoms with Gasteiger partial charge in [-0.15, -0.1) is 11.3 Å². The smallest absolute Gasteiger partial charge is 0.254 e. The van der Waals surface area contributed by atoms with Crippen molar-refractivity contribution < 1.29 is 5.11 Å². The van der Waals surface area contributed by atoms with Crippen molar-refractivity contribution in [2.24, 2.45) is 0 Å². The number of nitrogens with one attached hydrogen (secondary N) is 1. The van der Waals surface area contributed by atoms with E-state index in [0.717, 1.165) is 2.88 Å². The standard InChI is InChI=1S/C10H10IN3O2S/c1-5-6(2-3-15)9(16)14-8(13-5)10-12-4-7(11)17-10/h4,15H,2-3H2,1H3,(H,13,14,16). The van der Waals surface area contributed by atoms with Gasteiger partial charge in [-0.1, -0.05) is 0 Å². The second-order valence-corrected chi connectivity index (χ2v) is 6.35. The molecular weight excluding hydrogens is 353 g/mol. The Hall–Kier alpha value is -0.800. The molecule has 2 rings (SSSR count). The quantitative estimate of drug-likeness (QED) is 0.807. The number of aliphatic hydroxyl groups excluding tert-OH is 1. The molecule has 0 aromatic carbocycles. The SMILES string of the molecule is Cc1nc(-c2ncc(I)s2)[nH]c(=O)c1CCO. The number of thiazole rings is 1. The van der Waals surface area contributed by atoms with Gasteiger partial charge in [0.25, 0.3) is 5.56 Å². The Balaban J connectivity index is 2.49. The summed E-state index contributed by atoms with van der Waals surface area (Å²) in [7, 11) is 0. The van der Waals surface area contributed by atoms with Gasteiger partial charge in [0, 0.05) is 24.3 Å². The molecule has 0 amide bonds. The fourth-order valence-electron chi connectivity index (χ4n) is 1.48.